The Bertz CT molecular complexity index is 1270. The summed E-state index contributed by atoms with van der Waals surface area (Å²) in [4.78, 5) is 4.89. The summed E-state index contributed by atoms with van der Waals surface area (Å²) in [6, 6.07) is 19.2. The molecule has 4 heteroatoms. The van der Waals surface area contributed by atoms with Crippen LogP contribution in [0.25, 0.3) is 27.4 Å². The fourth-order valence-corrected chi connectivity index (χ4v) is 5.64. The first kappa shape index (κ1) is 20.4. The normalized spacial score (nSPS) is 19.1. The standard InChI is InChI=1S/C29H26N2OS/c1-3-7-22(8-4-1)26-20-33-28(31-26)23-13-11-21(12-14-23)25-19-29(15-17-30-18-16-29)32-27-10-6-2-5-9-24(25)27/h1-4,6-14,19-20,30H,5,15-18H2. The number of allylic oxidation sites excluding steroid dienone is 5. The topological polar surface area (TPSA) is 34.1 Å². The van der Waals surface area contributed by atoms with Crippen LogP contribution in [0.1, 0.15) is 24.8 Å². The molecule has 0 radical (unpaired) electrons. The molecule has 164 valence electrons. The summed E-state index contributed by atoms with van der Waals surface area (Å²) < 4.78 is 6.61. The molecule has 1 aliphatic carbocycles. The summed E-state index contributed by atoms with van der Waals surface area (Å²) in [5.74, 6) is 1.000. The smallest absolute Gasteiger partial charge is 0.130 e. The van der Waals surface area contributed by atoms with Crippen LogP contribution in [0.5, 0.6) is 0 Å². The molecule has 3 aliphatic rings. The van der Waals surface area contributed by atoms with Crippen molar-refractivity contribution in [2.45, 2.75) is 24.9 Å². The molecule has 0 unspecified atom stereocenters. The fourth-order valence-electron chi connectivity index (χ4n) is 4.81. The molecule has 6 rings (SSSR count). The van der Waals surface area contributed by atoms with E-state index in [9.17, 15) is 0 Å². The number of piperidine rings is 1. The molecule has 1 fully saturated rings. The maximum Gasteiger partial charge on any atom is 0.130 e. The van der Waals surface area contributed by atoms with Gasteiger partial charge in [0.15, 0.2) is 0 Å². The average molecular weight is 451 g/mol. The third-order valence-electron chi connectivity index (χ3n) is 6.58. The molecule has 0 bridgehead atoms. The van der Waals surface area contributed by atoms with Crippen molar-refractivity contribution in [3.63, 3.8) is 0 Å². The van der Waals surface area contributed by atoms with Crippen molar-refractivity contribution in [3.05, 3.63) is 107 Å². The second-order valence-corrected chi connectivity index (χ2v) is 9.63. The van der Waals surface area contributed by atoms with Crippen LogP contribution < -0.4 is 5.32 Å². The van der Waals surface area contributed by atoms with Crippen molar-refractivity contribution in [1.82, 2.24) is 10.3 Å². The Kier molecular flexibility index (Phi) is 5.33. The lowest BCUT2D eigenvalue weighted by atomic mass is 9.82. The van der Waals surface area contributed by atoms with E-state index in [1.54, 1.807) is 11.3 Å². The van der Waals surface area contributed by atoms with Gasteiger partial charge >= 0.3 is 0 Å². The van der Waals surface area contributed by atoms with E-state index in [1.165, 1.54) is 16.7 Å². The minimum atomic E-state index is -0.222. The van der Waals surface area contributed by atoms with Crippen molar-refractivity contribution in [2.24, 2.45) is 0 Å². The molecule has 2 aromatic carbocycles. The number of nitrogens with one attached hydrogen (secondary N) is 1. The summed E-state index contributed by atoms with van der Waals surface area (Å²) in [6.45, 7) is 1.97. The number of benzene rings is 2. The number of rotatable bonds is 3. The van der Waals surface area contributed by atoms with Gasteiger partial charge in [-0.15, -0.1) is 11.3 Å². The van der Waals surface area contributed by atoms with E-state index < -0.39 is 0 Å². The van der Waals surface area contributed by atoms with Crippen LogP contribution >= 0.6 is 11.3 Å². The summed E-state index contributed by atoms with van der Waals surface area (Å²) in [6.07, 6.45) is 14.0. The van der Waals surface area contributed by atoms with Crippen molar-refractivity contribution >= 4 is 16.9 Å². The molecule has 1 N–H and O–H groups in total. The van der Waals surface area contributed by atoms with Gasteiger partial charge in [0.1, 0.15) is 16.4 Å². The summed E-state index contributed by atoms with van der Waals surface area (Å²) in [5, 5.41) is 6.66. The van der Waals surface area contributed by atoms with E-state index in [0.29, 0.717) is 0 Å². The Hall–Kier alpha value is -3.21. The molecule has 0 saturated carbocycles. The van der Waals surface area contributed by atoms with Gasteiger partial charge in [0.2, 0.25) is 0 Å². The number of ether oxygens (including phenoxy) is 1. The van der Waals surface area contributed by atoms with Crippen LogP contribution in [0.3, 0.4) is 0 Å². The molecule has 0 atom stereocenters. The van der Waals surface area contributed by atoms with Crippen LogP contribution in [0.15, 0.2) is 102 Å². The second-order valence-electron chi connectivity index (χ2n) is 8.77. The van der Waals surface area contributed by atoms with Gasteiger partial charge in [0, 0.05) is 34.9 Å². The highest BCUT2D eigenvalue weighted by molar-refractivity contribution is 7.13. The monoisotopic (exact) mass is 450 g/mol. The van der Waals surface area contributed by atoms with Gasteiger partial charge in [-0.2, -0.15) is 0 Å². The lowest BCUT2D eigenvalue weighted by Crippen LogP contribution is -2.44. The van der Waals surface area contributed by atoms with Gasteiger partial charge < -0.3 is 10.1 Å². The maximum absolute atomic E-state index is 6.61. The SMILES string of the molecule is C1=CCC=C2C(=C1)OC1(C=C2c2ccc(-c3nc(-c4ccccc4)cs3)cc2)CCNCC1. The lowest BCUT2D eigenvalue weighted by Gasteiger charge is -2.41. The molecule has 3 nitrogen and oxygen atoms in total. The highest BCUT2D eigenvalue weighted by Gasteiger charge is 2.38. The number of aromatic nitrogens is 1. The minimum Gasteiger partial charge on any atom is -0.482 e. The fraction of sp³-hybridized carbons (Fsp3) is 0.207. The van der Waals surface area contributed by atoms with Gasteiger partial charge in [0.05, 0.1) is 5.69 Å². The molecule has 3 heterocycles. The first-order valence-electron chi connectivity index (χ1n) is 11.6. The van der Waals surface area contributed by atoms with E-state index in [2.05, 4.69) is 89.6 Å². The summed E-state index contributed by atoms with van der Waals surface area (Å²) in [7, 11) is 0. The Balaban J connectivity index is 1.34. The first-order chi connectivity index (χ1) is 16.3. The zero-order valence-corrected chi connectivity index (χ0v) is 19.3. The molecular weight excluding hydrogens is 424 g/mol. The maximum atomic E-state index is 6.61. The molecule has 2 aliphatic heterocycles. The predicted octanol–water partition coefficient (Wildman–Crippen LogP) is 6.78. The van der Waals surface area contributed by atoms with Gasteiger partial charge in [-0.1, -0.05) is 72.8 Å². The number of hydrogen-bond acceptors (Lipinski definition) is 4. The first-order valence-corrected chi connectivity index (χ1v) is 12.5. The van der Waals surface area contributed by atoms with Crippen LogP contribution in [-0.2, 0) is 4.74 Å². The molecule has 1 saturated heterocycles. The highest BCUT2D eigenvalue weighted by atomic mass is 32.1. The molecule has 3 aromatic rings. The summed E-state index contributed by atoms with van der Waals surface area (Å²) >= 11 is 1.70. The van der Waals surface area contributed by atoms with Gasteiger partial charge in [-0.05, 0) is 42.8 Å². The van der Waals surface area contributed by atoms with Gasteiger partial charge in [-0.3, -0.25) is 0 Å². The van der Waals surface area contributed by atoms with E-state index >= 15 is 0 Å². The predicted molar refractivity (Wildman–Crippen MR) is 137 cm³/mol. The van der Waals surface area contributed by atoms with Crippen LogP contribution in [0, 0.1) is 0 Å². The van der Waals surface area contributed by atoms with Crippen LogP contribution in [0.2, 0.25) is 0 Å². The quantitative estimate of drug-likeness (QED) is 0.477. The largest absolute Gasteiger partial charge is 0.482 e. The molecular formula is C29H26N2OS. The minimum absolute atomic E-state index is 0.222. The van der Waals surface area contributed by atoms with Crippen molar-refractivity contribution < 1.29 is 4.74 Å². The van der Waals surface area contributed by atoms with Crippen molar-refractivity contribution in [2.75, 3.05) is 13.1 Å². The van der Waals surface area contributed by atoms with Crippen LogP contribution in [0.4, 0.5) is 0 Å². The lowest BCUT2D eigenvalue weighted by molar-refractivity contribution is 0.0202. The Morgan fingerprint density at radius 1 is 0.879 bits per heavy atom. The Morgan fingerprint density at radius 2 is 1.67 bits per heavy atom. The third-order valence-corrected chi connectivity index (χ3v) is 7.48. The summed E-state index contributed by atoms with van der Waals surface area (Å²) in [5.41, 5.74) is 6.85. The Morgan fingerprint density at radius 3 is 2.48 bits per heavy atom. The number of hydrogen-bond donors (Lipinski definition) is 1. The number of fused-ring (bicyclic) bond motifs is 1. The number of thiazole rings is 1. The van der Waals surface area contributed by atoms with Crippen LogP contribution in [-0.4, -0.2) is 23.7 Å². The van der Waals surface area contributed by atoms with E-state index in [4.69, 9.17) is 9.72 Å². The highest BCUT2D eigenvalue weighted by Crippen LogP contribution is 2.44. The van der Waals surface area contributed by atoms with Gasteiger partial charge in [-0.25, -0.2) is 4.98 Å². The molecule has 1 aromatic heterocycles. The average Bonchev–Trinajstić information content (AvgIpc) is 3.25. The van der Waals surface area contributed by atoms with Crippen molar-refractivity contribution in [3.8, 4) is 21.8 Å². The number of nitrogens with zero attached hydrogens (tertiary/aromatic N) is 1. The van der Waals surface area contributed by atoms with E-state index in [1.807, 2.05) is 6.07 Å². The van der Waals surface area contributed by atoms with Gasteiger partial charge in [0.25, 0.3) is 0 Å². The zero-order valence-electron chi connectivity index (χ0n) is 18.5. The third kappa shape index (κ3) is 4.01. The Labute approximate surface area is 198 Å². The zero-order chi connectivity index (χ0) is 22.1. The molecule has 33 heavy (non-hydrogen) atoms. The second kappa shape index (κ2) is 8.62. The van der Waals surface area contributed by atoms with E-state index in [0.717, 1.165) is 59.9 Å². The van der Waals surface area contributed by atoms with Crippen molar-refractivity contribution in [1.29, 1.82) is 0 Å². The molecule has 1 spiro atoms. The van der Waals surface area contributed by atoms with E-state index in [-0.39, 0.29) is 5.60 Å². The molecule has 0 amide bonds.